The summed E-state index contributed by atoms with van der Waals surface area (Å²) in [6.45, 7) is 0.206. The number of unbranched alkanes of at least 4 members (excludes halogenated alkanes) is 20. The molecule has 0 aromatic heterocycles. The van der Waals surface area contributed by atoms with E-state index in [2.05, 4.69) is 22.6 Å². The highest BCUT2D eigenvalue weighted by molar-refractivity contribution is 14.1. The van der Waals surface area contributed by atoms with Crippen molar-refractivity contribution in [2.45, 2.75) is 147 Å². The third-order valence-electron chi connectivity index (χ3n) is 5.75. The van der Waals surface area contributed by atoms with E-state index in [-0.39, 0.29) is 0 Å². The zero-order valence-corrected chi connectivity index (χ0v) is 23.6. The van der Waals surface area contributed by atoms with Crippen molar-refractivity contribution in [1.29, 1.82) is 0 Å². The van der Waals surface area contributed by atoms with Gasteiger partial charge in [0.25, 0.3) is 0 Å². The fourth-order valence-corrected chi connectivity index (χ4v) is 6.10. The summed E-state index contributed by atoms with van der Waals surface area (Å²) < 4.78 is 1.34. The van der Waals surface area contributed by atoms with Crippen molar-refractivity contribution >= 4 is 51.4 Å². The normalized spacial score (nSPS) is 12.0. The molecule has 0 N–H and O–H groups in total. The molecule has 0 heterocycles. The molecule has 170 valence electrons. The Morgan fingerprint density at radius 3 is 0.857 bits per heavy atom. The molecule has 0 rings (SSSR count). The Balaban J connectivity index is 3.01. The van der Waals surface area contributed by atoms with E-state index >= 15 is 0 Å². The second-order valence-corrected chi connectivity index (χ2v) is 18.2. The highest BCUT2D eigenvalue weighted by Gasteiger charge is 2.19. The van der Waals surface area contributed by atoms with E-state index in [9.17, 15) is 0 Å². The first-order valence-electron chi connectivity index (χ1n) is 12.5. The van der Waals surface area contributed by atoms with Gasteiger partial charge in [0, 0.05) is 0 Å². The Morgan fingerprint density at radius 1 is 0.429 bits per heavy atom. The molecule has 0 unspecified atom stereocenters. The molecular formula is C24H49Cl2ISi. The van der Waals surface area contributed by atoms with Crippen LogP contribution in [0.4, 0.5) is 0 Å². The first-order valence-corrected chi connectivity index (χ1v) is 18.8. The van der Waals surface area contributed by atoms with Crippen LogP contribution in [-0.4, -0.2) is 11.1 Å². The smallest absolute Gasteiger partial charge is 0.146 e. The summed E-state index contributed by atoms with van der Waals surface area (Å²) in [7, 11) is 0. The summed E-state index contributed by atoms with van der Waals surface area (Å²) in [6.07, 6.45) is 30.2. The Bertz CT molecular complexity index is 295. The lowest BCUT2D eigenvalue weighted by molar-refractivity contribution is 0.521. The number of hydrogen-bond acceptors (Lipinski definition) is 0. The summed E-state index contributed by atoms with van der Waals surface area (Å²) in [5.41, 5.74) is 0. The molecule has 0 aliphatic carbocycles. The van der Waals surface area contributed by atoms with E-state index in [1.165, 1.54) is 139 Å². The third kappa shape index (κ3) is 27.5. The fraction of sp³-hybridized carbons (Fsp3) is 1.00. The summed E-state index contributed by atoms with van der Waals surface area (Å²) in [5.74, 6) is 0. The van der Waals surface area contributed by atoms with Gasteiger partial charge in [-0.05, 0) is 23.4 Å². The van der Waals surface area contributed by atoms with Gasteiger partial charge in [-0.2, -0.15) is 0 Å². The van der Waals surface area contributed by atoms with Gasteiger partial charge in [-0.15, -0.1) is 22.2 Å². The number of alkyl halides is 1. The average Bonchev–Trinajstić information content (AvgIpc) is 2.65. The van der Waals surface area contributed by atoms with Crippen molar-refractivity contribution in [3.05, 3.63) is 0 Å². The van der Waals surface area contributed by atoms with Crippen LogP contribution in [-0.2, 0) is 0 Å². The highest BCUT2D eigenvalue weighted by Crippen LogP contribution is 2.23. The summed E-state index contributed by atoms with van der Waals surface area (Å²) >= 11 is 14.8. The Hall–Kier alpha value is 1.53. The molecule has 0 aromatic carbocycles. The SMILES string of the molecule is C[Si](Cl)(Cl)CCCCCCCCCCCCCCCCCCCCCCCI. The minimum atomic E-state index is -1.83. The van der Waals surface area contributed by atoms with E-state index in [0.29, 0.717) is 0 Å². The lowest BCUT2D eigenvalue weighted by atomic mass is 10.0. The molecule has 4 heteroatoms. The van der Waals surface area contributed by atoms with Crippen molar-refractivity contribution in [1.82, 2.24) is 0 Å². The van der Waals surface area contributed by atoms with Crippen LogP contribution < -0.4 is 0 Å². The first-order chi connectivity index (χ1) is 13.6. The van der Waals surface area contributed by atoms with Gasteiger partial charge < -0.3 is 0 Å². The third-order valence-corrected chi connectivity index (χ3v) is 8.88. The van der Waals surface area contributed by atoms with Gasteiger partial charge in [0.05, 0.1) is 0 Å². The van der Waals surface area contributed by atoms with Crippen LogP contribution in [0.25, 0.3) is 0 Å². The molecule has 28 heavy (non-hydrogen) atoms. The maximum Gasteiger partial charge on any atom is 0.248 e. The largest absolute Gasteiger partial charge is 0.248 e. The average molecular weight is 564 g/mol. The van der Waals surface area contributed by atoms with Crippen molar-refractivity contribution in [2.75, 3.05) is 4.43 Å². The van der Waals surface area contributed by atoms with Crippen LogP contribution in [0, 0.1) is 0 Å². The first kappa shape index (κ1) is 29.5. The van der Waals surface area contributed by atoms with Crippen LogP contribution in [0.2, 0.25) is 12.6 Å². The molecule has 0 saturated heterocycles. The van der Waals surface area contributed by atoms with Gasteiger partial charge in [-0.3, -0.25) is 0 Å². The van der Waals surface area contributed by atoms with Crippen molar-refractivity contribution in [2.24, 2.45) is 0 Å². The second-order valence-electron chi connectivity index (χ2n) is 8.93. The predicted molar refractivity (Wildman–Crippen MR) is 144 cm³/mol. The van der Waals surface area contributed by atoms with Crippen molar-refractivity contribution in [3.8, 4) is 0 Å². The van der Waals surface area contributed by atoms with Crippen LogP contribution in [0.5, 0.6) is 0 Å². The van der Waals surface area contributed by atoms with Gasteiger partial charge in [0.2, 0.25) is 6.69 Å². The van der Waals surface area contributed by atoms with Crippen molar-refractivity contribution in [3.63, 3.8) is 0 Å². The molecule has 0 fully saturated rings. The van der Waals surface area contributed by atoms with E-state index < -0.39 is 6.69 Å². The number of hydrogen-bond donors (Lipinski definition) is 0. The summed E-state index contributed by atoms with van der Waals surface area (Å²) in [6, 6.07) is 1.06. The van der Waals surface area contributed by atoms with Crippen molar-refractivity contribution < 1.29 is 0 Å². The van der Waals surface area contributed by atoms with Gasteiger partial charge in [0.15, 0.2) is 0 Å². The molecule has 0 bridgehead atoms. The van der Waals surface area contributed by atoms with Crippen LogP contribution in [0.15, 0.2) is 0 Å². The van der Waals surface area contributed by atoms with Gasteiger partial charge >= 0.3 is 0 Å². The number of rotatable bonds is 23. The lowest BCUT2D eigenvalue weighted by Gasteiger charge is -2.09. The molecule has 0 amide bonds. The Kier molecular flexibility index (Phi) is 24.5. The second kappa shape index (κ2) is 23.2. The van der Waals surface area contributed by atoms with Gasteiger partial charge in [-0.25, -0.2) is 0 Å². The topological polar surface area (TPSA) is 0 Å². The molecule has 0 saturated carbocycles. The Labute approximate surface area is 202 Å². The summed E-state index contributed by atoms with van der Waals surface area (Å²) in [5, 5.41) is 0. The highest BCUT2D eigenvalue weighted by atomic mass is 127. The molecule has 0 spiro atoms. The quantitative estimate of drug-likeness (QED) is 0.0381. The minimum absolute atomic E-state index is 1.06. The van der Waals surface area contributed by atoms with Gasteiger partial charge in [0.1, 0.15) is 0 Å². The van der Waals surface area contributed by atoms with E-state index in [1.807, 2.05) is 6.55 Å². The molecule has 0 atom stereocenters. The monoisotopic (exact) mass is 562 g/mol. The molecule has 0 aliphatic rings. The maximum atomic E-state index is 6.13. The maximum absolute atomic E-state index is 6.13. The predicted octanol–water partition coefficient (Wildman–Crippen LogP) is 11.2. The fourth-order valence-electron chi connectivity index (χ4n) is 3.89. The van der Waals surface area contributed by atoms with Gasteiger partial charge in [-0.1, -0.05) is 151 Å². The minimum Gasteiger partial charge on any atom is -0.146 e. The zero-order chi connectivity index (χ0) is 20.8. The lowest BCUT2D eigenvalue weighted by Crippen LogP contribution is -2.11. The Morgan fingerprint density at radius 2 is 0.643 bits per heavy atom. The molecular weight excluding hydrogens is 514 g/mol. The molecule has 0 aliphatic heterocycles. The van der Waals surface area contributed by atoms with Crippen LogP contribution >= 0.6 is 44.7 Å². The zero-order valence-electron chi connectivity index (χ0n) is 18.9. The van der Waals surface area contributed by atoms with E-state index in [1.54, 1.807) is 0 Å². The van der Waals surface area contributed by atoms with E-state index in [0.717, 1.165) is 6.04 Å². The summed E-state index contributed by atoms with van der Waals surface area (Å²) in [4.78, 5) is 0. The standard InChI is InChI=1S/C24H49Cl2ISi/c1-28(25,26)24-22-20-18-16-14-12-10-8-6-4-2-3-5-7-9-11-13-15-17-19-21-23-27/h2-24H2,1H3. The molecule has 0 radical (unpaired) electrons. The number of halogens is 3. The van der Waals surface area contributed by atoms with E-state index in [4.69, 9.17) is 22.2 Å². The molecule has 0 nitrogen and oxygen atoms in total. The van der Waals surface area contributed by atoms with Crippen LogP contribution in [0.3, 0.4) is 0 Å². The molecule has 0 aromatic rings. The van der Waals surface area contributed by atoms with Crippen LogP contribution in [0.1, 0.15) is 135 Å².